The predicted octanol–water partition coefficient (Wildman–Crippen LogP) is 5.42. The number of para-hydroxylation sites is 1. The molecule has 126 valence electrons. The summed E-state index contributed by atoms with van der Waals surface area (Å²) >= 11 is 6.18. The van der Waals surface area contributed by atoms with E-state index in [2.05, 4.69) is 0 Å². The Labute approximate surface area is 149 Å². The van der Waals surface area contributed by atoms with Crippen molar-refractivity contribution in [2.45, 2.75) is 6.61 Å². The SMILES string of the molecule is O=C(O)c1cc(Cl)c(-c2ccccc2OCc2ccccc2)cc1F. The van der Waals surface area contributed by atoms with Crippen LogP contribution in [-0.2, 0) is 6.61 Å². The molecule has 0 aromatic heterocycles. The quantitative estimate of drug-likeness (QED) is 0.663. The van der Waals surface area contributed by atoms with Crippen molar-refractivity contribution in [3.05, 3.63) is 88.7 Å². The number of hydrogen-bond acceptors (Lipinski definition) is 2. The zero-order valence-corrected chi connectivity index (χ0v) is 13.8. The summed E-state index contributed by atoms with van der Waals surface area (Å²) in [6.45, 7) is 0.352. The third-order valence-electron chi connectivity index (χ3n) is 3.70. The third kappa shape index (κ3) is 3.80. The molecule has 5 heteroatoms. The van der Waals surface area contributed by atoms with Crippen LogP contribution < -0.4 is 4.74 Å². The second kappa shape index (κ2) is 7.36. The van der Waals surface area contributed by atoms with Crippen molar-refractivity contribution in [2.24, 2.45) is 0 Å². The van der Waals surface area contributed by atoms with Gasteiger partial charge in [-0.1, -0.05) is 60.1 Å². The lowest BCUT2D eigenvalue weighted by atomic mass is 10.0. The van der Waals surface area contributed by atoms with Crippen LogP contribution in [-0.4, -0.2) is 11.1 Å². The van der Waals surface area contributed by atoms with Gasteiger partial charge in [-0.2, -0.15) is 0 Å². The average Bonchev–Trinajstić information content (AvgIpc) is 2.62. The van der Waals surface area contributed by atoms with Crippen LogP contribution in [0.3, 0.4) is 0 Å². The molecule has 3 aromatic rings. The Balaban J connectivity index is 1.96. The molecular weight excluding hydrogens is 343 g/mol. The van der Waals surface area contributed by atoms with Gasteiger partial charge in [0, 0.05) is 16.1 Å². The van der Waals surface area contributed by atoms with E-state index < -0.39 is 17.3 Å². The van der Waals surface area contributed by atoms with E-state index in [-0.39, 0.29) is 5.02 Å². The molecule has 3 nitrogen and oxygen atoms in total. The first-order valence-electron chi connectivity index (χ1n) is 7.54. The van der Waals surface area contributed by atoms with Gasteiger partial charge in [-0.05, 0) is 23.8 Å². The van der Waals surface area contributed by atoms with Gasteiger partial charge >= 0.3 is 5.97 Å². The summed E-state index contributed by atoms with van der Waals surface area (Å²) in [5.41, 5.74) is 1.51. The van der Waals surface area contributed by atoms with Crippen molar-refractivity contribution in [3.8, 4) is 16.9 Å². The zero-order valence-electron chi connectivity index (χ0n) is 13.1. The minimum absolute atomic E-state index is 0.148. The van der Waals surface area contributed by atoms with Crippen LogP contribution in [0.5, 0.6) is 5.75 Å². The van der Waals surface area contributed by atoms with Gasteiger partial charge in [0.1, 0.15) is 18.2 Å². The summed E-state index contributed by atoms with van der Waals surface area (Å²) in [5, 5.41) is 9.14. The molecule has 0 atom stereocenters. The minimum Gasteiger partial charge on any atom is -0.488 e. The average molecular weight is 357 g/mol. The lowest BCUT2D eigenvalue weighted by Gasteiger charge is -2.13. The highest BCUT2D eigenvalue weighted by Crippen LogP contribution is 2.36. The maximum Gasteiger partial charge on any atom is 0.338 e. The van der Waals surface area contributed by atoms with Gasteiger partial charge in [0.2, 0.25) is 0 Å². The van der Waals surface area contributed by atoms with Gasteiger partial charge in [0.05, 0.1) is 5.56 Å². The second-order valence-electron chi connectivity index (χ2n) is 5.39. The van der Waals surface area contributed by atoms with Crippen molar-refractivity contribution >= 4 is 17.6 Å². The lowest BCUT2D eigenvalue weighted by Crippen LogP contribution is -2.02. The van der Waals surface area contributed by atoms with Crippen LogP contribution in [0.25, 0.3) is 11.1 Å². The first-order valence-corrected chi connectivity index (χ1v) is 7.92. The zero-order chi connectivity index (χ0) is 17.8. The van der Waals surface area contributed by atoms with E-state index in [4.69, 9.17) is 21.4 Å². The standard InChI is InChI=1S/C20H14ClFO3/c21-17-10-16(20(23)24)18(22)11-15(17)14-8-4-5-9-19(14)25-12-13-6-2-1-3-7-13/h1-11H,12H2,(H,23,24). The molecule has 0 bridgehead atoms. The lowest BCUT2D eigenvalue weighted by molar-refractivity contribution is 0.0692. The molecule has 3 rings (SSSR count). The van der Waals surface area contributed by atoms with Crippen LogP contribution in [0.1, 0.15) is 15.9 Å². The van der Waals surface area contributed by atoms with Crippen LogP contribution in [0, 0.1) is 5.82 Å². The van der Waals surface area contributed by atoms with Gasteiger partial charge in [-0.25, -0.2) is 9.18 Å². The number of hydrogen-bond donors (Lipinski definition) is 1. The number of ether oxygens (including phenoxy) is 1. The number of aromatic carboxylic acids is 1. The highest BCUT2D eigenvalue weighted by atomic mass is 35.5. The molecule has 0 aliphatic carbocycles. The summed E-state index contributed by atoms with van der Waals surface area (Å²) < 4.78 is 19.9. The molecule has 0 unspecified atom stereocenters. The molecule has 3 aromatic carbocycles. The molecular formula is C20H14ClFO3. The summed E-state index contributed by atoms with van der Waals surface area (Å²) in [5.74, 6) is -1.67. The van der Waals surface area contributed by atoms with Gasteiger partial charge in [-0.15, -0.1) is 0 Å². The fraction of sp³-hybridized carbons (Fsp3) is 0.0500. The summed E-state index contributed by atoms with van der Waals surface area (Å²) in [6, 6.07) is 19.0. The monoisotopic (exact) mass is 356 g/mol. The Hall–Kier alpha value is -2.85. The molecule has 0 saturated carbocycles. The normalized spacial score (nSPS) is 10.5. The minimum atomic E-state index is -1.36. The Bertz CT molecular complexity index is 910. The van der Waals surface area contributed by atoms with Crippen LogP contribution in [0.2, 0.25) is 5.02 Å². The van der Waals surface area contributed by atoms with E-state index >= 15 is 0 Å². The van der Waals surface area contributed by atoms with Crippen LogP contribution >= 0.6 is 11.6 Å². The van der Waals surface area contributed by atoms with Crippen molar-refractivity contribution in [3.63, 3.8) is 0 Å². The van der Waals surface area contributed by atoms with E-state index in [1.165, 1.54) is 0 Å². The van der Waals surface area contributed by atoms with E-state index in [9.17, 15) is 9.18 Å². The Kier molecular flexibility index (Phi) is 5.00. The molecule has 0 aliphatic rings. The van der Waals surface area contributed by atoms with Gasteiger partial charge in [0.15, 0.2) is 0 Å². The molecule has 0 spiro atoms. The highest BCUT2D eigenvalue weighted by molar-refractivity contribution is 6.33. The summed E-state index contributed by atoms with van der Waals surface area (Å²) in [6.07, 6.45) is 0. The number of carboxylic acid groups (broad SMARTS) is 1. The van der Waals surface area contributed by atoms with E-state index in [0.717, 1.165) is 17.7 Å². The van der Waals surface area contributed by atoms with Crippen molar-refractivity contribution in [1.82, 2.24) is 0 Å². The number of benzene rings is 3. The molecule has 1 N–H and O–H groups in total. The smallest absolute Gasteiger partial charge is 0.338 e. The number of carboxylic acids is 1. The van der Waals surface area contributed by atoms with Crippen LogP contribution in [0.15, 0.2) is 66.7 Å². The summed E-state index contributed by atoms with van der Waals surface area (Å²) in [7, 11) is 0. The Morgan fingerprint density at radius 1 is 1.00 bits per heavy atom. The number of halogens is 2. The maximum absolute atomic E-state index is 14.1. The van der Waals surface area contributed by atoms with Crippen LogP contribution in [0.4, 0.5) is 4.39 Å². The fourth-order valence-corrected chi connectivity index (χ4v) is 2.73. The largest absolute Gasteiger partial charge is 0.488 e. The van der Waals surface area contributed by atoms with E-state index in [1.807, 2.05) is 30.3 Å². The van der Waals surface area contributed by atoms with Gasteiger partial charge < -0.3 is 9.84 Å². The molecule has 0 heterocycles. The maximum atomic E-state index is 14.1. The Morgan fingerprint density at radius 2 is 1.68 bits per heavy atom. The van der Waals surface area contributed by atoms with E-state index in [0.29, 0.717) is 23.5 Å². The molecule has 25 heavy (non-hydrogen) atoms. The molecule has 0 amide bonds. The molecule has 0 aliphatic heterocycles. The topological polar surface area (TPSA) is 46.5 Å². The molecule has 0 saturated heterocycles. The van der Waals surface area contributed by atoms with E-state index in [1.54, 1.807) is 24.3 Å². The number of carbonyl (C=O) groups is 1. The fourth-order valence-electron chi connectivity index (χ4n) is 2.47. The van der Waals surface area contributed by atoms with Crippen molar-refractivity contribution in [1.29, 1.82) is 0 Å². The van der Waals surface area contributed by atoms with Gasteiger partial charge in [0.25, 0.3) is 0 Å². The highest BCUT2D eigenvalue weighted by Gasteiger charge is 2.17. The second-order valence-corrected chi connectivity index (χ2v) is 5.79. The first kappa shape index (κ1) is 17.0. The molecule has 0 radical (unpaired) electrons. The third-order valence-corrected chi connectivity index (χ3v) is 4.01. The Morgan fingerprint density at radius 3 is 2.40 bits per heavy atom. The number of rotatable bonds is 5. The van der Waals surface area contributed by atoms with Gasteiger partial charge in [-0.3, -0.25) is 0 Å². The molecule has 0 fully saturated rings. The summed E-state index contributed by atoms with van der Waals surface area (Å²) in [4.78, 5) is 11.0. The van der Waals surface area contributed by atoms with Crippen molar-refractivity contribution in [2.75, 3.05) is 0 Å². The first-order chi connectivity index (χ1) is 12.1. The van der Waals surface area contributed by atoms with Crippen molar-refractivity contribution < 1.29 is 19.0 Å². The predicted molar refractivity (Wildman–Crippen MR) is 94.6 cm³/mol.